The lowest BCUT2D eigenvalue weighted by Gasteiger charge is -2.09. The average Bonchev–Trinajstić information content (AvgIpc) is 2.55. The number of hydrogen-bond donors (Lipinski definition) is 1. The first-order chi connectivity index (χ1) is 11.1. The first kappa shape index (κ1) is 16.5. The molecule has 23 heavy (non-hydrogen) atoms. The van der Waals surface area contributed by atoms with Gasteiger partial charge in [0.1, 0.15) is 5.82 Å². The van der Waals surface area contributed by atoms with Crippen LogP contribution in [0.15, 0.2) is 48.5 Å². The van der Waals surface area contributed by atoms with Crippen LogP contribution in [0.3, 0.4) is 0 Å². The SMILES string of the molecule is CCOc1cc(C=CC(=O)Nc2ccccc2F)ccc1OC. The third-order valence-electron chi connectivity index (χ3n) is 3.05. The molecular weight excluding hydrogens is 297 g/mol. The summed E-state index contributed by atoms with van der Waals surface area (Å²) in [6.07, 6.45) is 2.96. The van der Waals surface area contributed by atoms with Crippen LogP contribution in [0.2, 0.25) is 0 Å². The first-order valence-corrected chi connectivity index (χ1v) is 7.18. The molecule has 0 saturated heterocycles. The molecule has 0 aliphatic carbocycles. The Hall–Kier alpha value is -2.82. The molecule has 1 N–H and O–H groups in total. The maximum Gasteiger partial charge on any atom is 0.248 e. The summed E-state index contributed by atoms with van der Waals surface area (Å²) < 4.78 is 24.1. The molecular formula is C18H18FNO3. The number of nitrogens with one attached hydrogen (secondary N) is 1. The van der Waals surface area contributed by atoms with Crippen molar-refractivity contribution in [3.05, 3.63) is 59.9 Å². The summed E-state index contributed by atoms with van der Waals surface area (Å²) in [5.41, 5.74) is 0.921. The zero-order valence-corrected chi connectivity index (χ0v) is 13.0. The van der Waals surface area contributed by atoms with Crippen molar-refractivity contribution in [1.29, 1.82) is 0 Å². The monoisotopic (exact) mass is 315 g/mol. The molecule has 0 heterocycles. The number of amides is 1. The standard InChI is InChI=1S/C18H18FNO3/c1-3-23-17-12-13(8-10-16(17)22-2)9-11-18(21)20-15-7-5-4-6-14(15)19/h4-12H,3H2,1-2H3,(H,20,21). The Kier molecular flexibility index (Phi) is 5.74. The van der Waals surface area contributed by atoms with Crippen LogP contribution < -0.4 is 14.8 Å². The highest BCUT2D eigenvalue weighted by molar-refractivity contribution is 6.02. The van der Waals surface area contributed by atoms with E-state index in [0.717, 1.165) is 5.56 Å². The van der Waals surface area contributed by atoms with Gasteiger partial charge in [-0.25, -0.2) is 4.39 Å². The maximum absolute atomic E-state index is 13.5. The summed E-state index contributed by atoms with van der Waals surface area (Å²) in [6.45, 7) is 2.39. The van der Waals surface area contributed by atoms with Crippen molar-refractivity contribution in [2.45, 2.75) is 6.92 Å². The fraction of sp³-hybridized carbons (Fsp3) is 0.167. The fourth-order valence-corrected chi connectivity index (χ4v) is 1.97. The zero-order chi connectivity index (χ0) is 16.7. The number of anilines is 1. The minimum atomic E-state index is -0.475. The second kappa shape index (κ2) is 7.98. The van der Waals surface area contributed by atoms with E-state index in [2.05, 4.69) is 5.32 Å². The number of ether oxygens (including phenoxy) is 2. The Morgan fingerprint density at radius 3 is 2.70 bits per heavy atom. The number of benzene rings is 2. The molecule has 0 aliphatic rings. The zero-order valence-electron chi connectivity index (χ0n) is 13.0. The van der Waals surface area contributed by atoms with E-state index in [9.17, 15) is 9.18 Å². The number of carbonyl (C=O) groups is 1. The molecule has 2 rings (SSSR count). The predicted octanol–water partition coefficient (Wildman–Crippen LogP) is 3.88. The summed E-state index contributed by atoms with van der Waals surface area (Å²) in [4.78, 5) is 11.9. The molecule has 2 aromatic rings. The van der Waals surface area contributed by atoms with E-state index in [4.69, 9.17) is 9.47 Å². The van der Waals surface area contributed by atoms with E-state index < -0.39 is 11.7 Å². The van der Waals surface area contributed by atoms with Crippen LogP contribution in [0.4, 0.5) is 10.1 Å². The minimum Gasteiger partial charge on any atom is -0.493 e. The lowest BCUT2D eigenvalue weighted by Crippen LogP contribution is -2.09. The van der Waals surface area contributed by atoms with Crippen LogP contribution in [0.5, 0.6) is 11.5 Å². The van der Waals surface area contributed by atoms with Crippen LogP contribution in [0.1, 0.15) is 12.5 Å². The van der Waals surface area contributed by atoms with Gasteiger partial charge in [0.2, 0.25) is 5.91 Å². The Morgan fingerprint density at radius 1 is 1.22 bits per heavy atom. The van der Waals surface area contributed by atoms with Gasteiger partial charge in [-0.05, 0) is 42.8 Å². The second-order valence-corrected chi connectivity index (χ2v) is 4.65. The smallest absolute Gasteiger partial charge is 0.248 e. The van der Waals surface area contributed by atoms with Crippen LogP contribution in [0.25, 0.3) is 6.08 Å². The number of para-hydroxylation sites is 1. The van der Waals surface area contributed by atoms with Gasteiger partial charge < -0.3 is 14.8 Å². The number of rotatable bonds is 6. The minimum absolute atomic E-state index is 0.145. The Balaban J connectivity index is 2.09. The molecule has 0 unspecified atom stereocenters. The van der Waals surface area contributed by atoms with Gasteiger partial charge in [-0.2, -0.15) is 0 Å². The first-order valence-electron chi connectivity index (χ1n) is 7.18. The van der Waals surface area contributed by atoms with Crippen molar-refractivity contribution in [3.63, 3.8) is 0 Å². The van der Waals surface area contributed by atoms with Crippen LogP contribution >= 0.6 is 0 Å². The van der Waals surface area contributed by atoms with Crippen molar-refractivity contribution < 1.29 is 18.7 Å². The van der Waals surface area contributed by atoms with E-state index in [-0.39, 0.29) is 5.69 Å². The molecule has 1 amide bonds. The summed E-state index contributed by atoms with van der Waals surface area (Å²) in [7, 11) is 1.56. The Labute approximate surface area is 134 Å². The lowest BCUT2D eigenvalue weighted by molar-refractivity contribution is -0.111. The summed E-state index contributed by atoms with van der Waals surface area (Å²) in [5.74, 6) is 0.340. The maximum atomic E-state index is 13.5. The Bertz CT molecular complexity index is 713. The van der Waals surface area contributed by atoms with Gasteiger partial charge in [0.25, 0.3) is 0 Å². The van der Waals surface area contributed by atoms with Gasteiger partial charge >= 0.3 is 0 Å². The van der Waals surface area contributed by atoms with Gasteiger partial charge in [-0.15, -0.1) is 0 Å². The molecule has 0 fully saturated rings. The Morgan fingerprint density at radius 2 is 2.00 bits per heavy atom. The second-order valence-electron chi connectivity index (χ2n) is 4.65. The van der Waals surface area contributed by atoms with Crippen molar-refractivity contribution >= 4 is 17.7 Å². The summed E-state index contributed by atoms with van der Waals surface area (Å²) in [6, 6.07) is 11.3. The average molecular weight is 315 g/mol. The molecule has 0 aliphatic heterocycles. The van der Waals surface area contributed by atoms with E-state index in [1.807, 2.05) is 6.92 Å². The van der Waals surface area contributed by atoms with E-state index in [0.29, 0.717) is 18.1 Å². The van der Waals surface area contributed by atoms with Gasteiger partial charge in [-0.3, -0.25) is 4.79 Å². The molecule has 2 aromatic carbocycles. The highest BCUT2D eigenvalue weighted by atomic mass is 19.1. The molecule has 4 nitrogen and oxygen atoms in total. The van der Waals surface area contributed by atoms with Crippen molar-refractivity contribution in [1.82, 2.24) is 0 Å². The molecule has 120 valence electrons. The summed E-state index contributed by atoms with van der Waals surface area (Å²) in [5, 5.41) is 2.49. The van der Waals surface area contributed by atoms with Gasteiger partial charge in [0.15, 0.2) is 11.5 Å². The fourth-order valence-electron chi connectivity index (χ4n) is 1.97. The van der Waals surface area contributed by atoms with E-state index in [1.54, 1.807) is 43.5 Å². The lowest BCUT2D eigenvalue weighted by atomic mass is 10.2. The topological polar surface area (TPSA) is 47.6 Å². The number of carbonyl (C=O) groups excluding carboxylic acids is 1. The van der Waals surface area contributed by atoms with Crippen LogP contribution in [0, 0.1) is 5.82 Å². The van der Waals surface area contributed by atoms with Crippen molar-refractivity contribution in [2.75, 3.05) is 19.0 Å². The van der Waals surface area contributed by atoms with Crippen LogP contribution in [-0.4, -0.2) is 19.6 Å². The number of methoxy groups -OCH3 is 1. The normalized spacial score (nSPS) is 10.6. The van der Waals surface area contributed by atoms with E-state index in [1.165, 1.54) is 18.2 Å². The molecule has 0 saturated carbocycles. The van der Waals surface area contributed by atoms with Crippen molar-refractivity contribution in [3.8, 4) is 11.5 Å². The number of hydrogen-bond acceptors (Lipinski definition) is 3. The molecule has 0 spiro atoms. The van der Waals surface area contributed by atoms with Crippen LogP contribution in [-0.2, 0) is 4.79 Å². The number of halogens is 1. The molecule has 0 aromatic heterocycles. The highest BCUT2D eigenvalue weighted by Gasteiger charge is 2.05. The third kappa shape index (κ3) is 4.57. The predicted molar refractivity (Wildman–Crippen MR) is 88.2 cm³/mol. The quantitative estimate of drug-likeness (QED) is 0.823. The largest absolute Gasteiger partial charge is 0.493 e. The van der Waals surface area contributed by atoms with Gasteiger partial charge in [0, 0.05) is 6.08 Å². The summed E-state index contributed by atoms with van der Waals surface area (Å²) >= 11 is 0. The van der Waals surface area contributed by atoms with E-state index >= 15 is 0 Å². The van der Waals surface area contributed by atoms with Gasteiger partial charge in [-0.1, -0.05) is 18.2 Å². The van der Waals surface area contributed by atoms with Gasteiger partial charge in [0.05, 0.1) is 19.4 Å². The highest BCUT2D eigenvalue weighted by Crippen LogP contribution is 2.28. The molecule has 5 heteroatoms. The molecule has 0 atom stereocenters. The molecule has 0 bridgehead atoms. The van der Waals surface area contributed by atoms with Crippen molar-refractivity contribution in [2.24, 2.45) is 0 Å². The third-order valence-corrected chi connectivity index (χ3v) is 3.05. The molecule has 0 radical (unpaired) electrons.